The van der Waals surface area contributed by atoms with Crippen molar-refractivity contribution in [2.24, 2.45) is 0 Å². The van der Waals surface area contributed by atoms with Crippen LogP contribution in [0.15, 0.2) is 41.3 Å². The van der Waals surface area contributed by atoms with Gasteiger partial charge in [0.2, 0.25) is 0 Å². The molecule has 6 heteroatoms. The maximum Gasteiger partial charge on any atom is 0.297 e. The summed E-state index contributed by atoms with van der Waals surface area (Å²) in [6, 6.07) is 9.89. The second-order valence-corrected chi connectivity index (χ2v) is 5.90. The molecular formula is C14H16FNO3S. The van der Waals surface area contributed by atoms with E-state index in [-0.39, 0.29) is 17.0 Å². The van der Waals surface area contributed by atoms with Gasteiger partial charge in [-0.15, -0.1) is 0 Å². The van der Waals surface area contributed by atoms with E-state index in [0.29, 0.717) is 17.2 Å². The van der Waals surface area contributed by atoms with Crippen molar-refractivity contribution in [3.8, 4) is 0 Å². The van der Waals surface area contributed by atoms with Crippen molar-refractivity contribution < 1.29 is 17.4 Å². The van der Waals surface area contributed by atoms with E-state index in [1.807, 2.05) is 6.92 Å². The summed E-state index contributed by atoms with van der Waals surface area (Å²) in [7, 11) is -4.45. The Morgan fingerprint density at radius 3 is 2.60 bits per heavy atom. The van der Waals surface area contributed by atoms with E-state index in [2.05, 4.69) is 5.32 Å². The van der Waals surface area contributed by atoms with Gasteiger partial charge < -0.3 is 5.32 Å². The molecule has 0 bridgehead atoms. The lowest BCUT2D eigenvalue weighted by molar-refractivity contribution is 0.349. The Balaban J connectivity index is 2.60. The lowest BCUT2D eigenvalue weighted by atomic mass is 10.1. The third-order valence-corrected chi connectivity index (χ3v) is 3.95. The number of hydrogen-bond acceptors (Lipinski definition) is 3. The summed E-state index contributed by atoms with van der Waals surface area (Å²) in [6.07, 6.45) is -0.470. The molecule has 20 heavy (non-hydrogen) atoms. The molecule has 0 unspecified atom stereocenters. The van der Waals surface area contributed by atoms with E-state index in [1.165, 1.54) is 6.07 Å². The molecule has 0 saturated carbocycles. The highest BCUT2D eigenvalue weighted by Gasteiger charge is 2.20. The summed E-state index contributed by atoms with van der Waals surface area (Å²) in [4.78, 5) is -0.283. The number of nitrogens with one attached hydrogen (secondary N) is 1. The fourth-order valence-corrected chi connectivity index (χ4v) is 3.00. The third-order valence-electron chi connectivity index (χ3n) is 2.99. The molecular weight excluding hydrogens is 281 g/mol. The van der Waals surface area contributed by atoms with E-state index < -0.39 is 16.4 Å². The standard InChI is InChI=1S/C14H16FNO3S/c1-2-5-13(15)16-12-9-8-10-6-3-4-7-11(10)14(12)20(17,18)19/h3-4,6-9,13,16H,2,5H2,1H3,(H,17,18,19)/t13-/m1/s1. The number of halogens is 1. The number of anilines is 1. The number of fused-ring (bicyclic) bond motifs is 1. The average molecular weight is 297 g/mol. The number of hydrogen-bond donors (Lipinski definition) is 2. The van der Waals surface area contributed by atoms with E-state index in [9.17, 15) is 17.4 Å². The Labute approximate surface area is 117 Å². The van der Waals surface area contributed by atoms with Crippen LogP contribution in [0.2, 0.25) is 0 Å². The van der Waals surface area contributed by atoms with Crippen LogP contribution in [0.25, 0.3) is 10.8 Å². The molecule has 0 spiro atoms. The summed E-state index contributed by atoms with van der Waals surface area (Å²) in [5.74, 6) is 0. The Bertz CT molecular complexity index is 715. The smallest absolute Gasteiger partial charge is 0.297 e. The first-order valence-electron chi connectivity index (χ1n) is 6.33. The fourth-order valence-electron chi connectivity index (χ4n) is 2.13. The van der Waals surface area contributed by atoms with Crippen LogP contribution < -0.4 is 5.32 Å². The molecule has 0 aliphatic rings. The van der Waals surface area contributed by atoms with Crippen LogP contribution in [0.1, 0.15) is 19.8 Å². The van der Waals surface area contributed by atoms with Crippen molar-refractivity contribution in [2.75, 3.05) is 5.32 Å². The van der Waals surface area contributed by atoms with Gasteiger partial charge in [0.05, 0.1) is 5.69 Å². The highest BCUT2D eigenvalue weighted by Crippen LogP contribution is 2.31. The molecule has 0 fully saturated rings. The molecule has 2 aromatic rings. The monoisotopic (exact) mass is 297 g/mol. The molecule has 0 aliphatic carbocycles. The van der Waals surface area contributed by atoms with Crippen molar-refractivity contribution in [3.63, 3.8) is 0 Å². The Morgan fingerprint density at radius 1 is 1.25 bits per heavy atom. The molecule has 0 heterocycles. The van der Waals surface area contributed by atoms with Crippen molar-refractivity contribution in [1.29, 1.82) is 0 Å². The molecule has 0 aliphatic heterocycles. The summed E-state index contributed by atoms with van der Waals surface area (Å²) < 4.78 is 46.3. The maximum atomic E-state index is 13.7. The van der Waals surface area contributed by atoms with Crippen LogP contribution in [-0.2, 0) is 10.1 Å². The number of benzene rings is 2. The predicted octanol–water partition coefficient (Wildman–Crippen LogP) is 3.59. The molecule has 108 valence electrons. The minimum Gasteiger partial charge on any atom is -0.355 e. The lowest BCUT2D eigenvalue weighted by Crippen LogP contribution is -2.15. The maximum absolute atomic E-state index is 13.7. The third kappa shape index (κ3) is 3.08. The van der Waals surface area contributed by atoms with Crippen LogP contribution in [0.5, 0.6) is 0 Å². The predicted molar refractivity (Wildman–Crippen MR) is 77.2 cm³/mol. The van der Waals surface area contributed by atoms with Gasteiger partial charge in [0.25, 0.3) is 10.1 Å². The van der Waals surface area contributed by atoms with Gasteiger partial charge in [0.1, 0.15) is 4.90 Å². The minimum atomic E-state index is -4.45. The molecule has 4 nitrogen and oxygen atoms in total. The Hall–Kier alpha value is -1.66. The normalized spacial score (nSPS) is 13.3. The molecule has 2 rings (SSSR count). The average Bonchev–Trinajstić information content (AvgIpc) is 2.37. The van der Waals surface area contributed by atoms with Crippen LogP contribution in [0.4, 0.5) is 10.1 Å². The van der Waals surface area contributed by atoms with Gasteiger partial charge in [-0.1, -0.05) is 43.7 Å². The quantitative estimate of drug-likeness (QED) is 0.653. The largest absolute Gasteiger partial charge is 0.355 e. The van der Waals surface area contributed by atoms with E-state index in [1.54, 1.807) is 30.3 Å². The molecule has 2 N–H and O–H groups in total. The zero-order valence-electron chi connectivity index (χ0n) is 11.0. The van der Waals surface area contributed by atoms with Crippen molar-refractivity contribution in [2.45, 2.75) is 31.0 Å². The van der Waals surface area contributed by atoms with E-state index >= 15 is 0 Å². The first kappa shape index (κ1) is 14.7. The van der Waals surface area contributed by atoms with Crippen LogP contribution in [0, 0.1) is 0 Å². The zero-order chi connectivity index (χ0) is 14.8. The molecule has 0 saturated heterocycles. The van der Waals surface area contributed by atoms with E-state index in [4.69, 9.17) is 0 Å². The number of alkyl halides is 1. The molecule has 0 aromatic heterocycles. The summed E-state index contributed by atoms with van der Waals surface area (Å²) >= 11 is 0. The second kappa shape index (κ2) is 5.76. The van der Waals surface area contributed by atoms with Crippen LogP contribution in [-0.4, -0.2) is 19.3 Å². The van der Waals surface area contributed by atoms with Crippen molar-refractivity contribution in [3.05, 3.63) is 36.4 Å². The van der Waals surface area contributed by atoms with Crippen molar-refractivity contribution in [1.82, 2.24) is 0 Å². The molecule has 0 amide bonds. The zero-order valence-corrected chi connectivity index (χ0v) is 11.8. The van der Waals surface area contributed by atoms with Gasteiger partial charge in [-0.05, 0) is 17.9 Å². The van der Waals surface area contributed by atoms with Gasteiger partial charge in [-0.3, -0.25) is 4.55 Å². The molecule has 0 radical (unpaired) electrons. The fraction of sp³-hybridized carbons (Fsp3) is 0.286. The van der Waals surface area contributed by atoms with Gasteiger partial charge in [0.15, 0.2) is 6.30 Å². The van der Waals surface area contributed by atoms with Gasteiger partial charge in [0, 0.05) is 5.39 Å². The van der Waals surface area contributed by atoms with E-state index in [0.717, 1.165) is 0 Å². The molecule has 1 atom stereocenters. The first-order valence-corrected chi connectivity index (χ1v) is 7.77. The Kier molecular flexibility index (Phi) is 4.25. The summed E-state index contributed by atoms with van der Waals surface area (Å²) in [5, 5.41) is 3.53. The second-order valence-electron chi connectivity index (χ2n) is 4.54. The topological polar surface area (TPSA) is 66.4 Å². The number of rotatable bonds is 5. The summed E-state index contributed by atoms with van der Waals surface area (Å²) in [5.41, 5.74) is 0.0761. The summed E-state index contributed by atoms with van der Waals surface area (Å²) in [6.45, 7) is 1.83. The highest BCUT2D eigenvalue weighted by atomic mass is 32.2. The van der Waals surface area contributed by atoms with Crippen molar-refractivity contribution >= 4 is 26.6 Å². The lowest BCUT2D eigenvalue weighted by Gasteiger charge is -2.15. The highest BCUT2D eigenvalue weighted by molar-refractivity contribution is 7.86. The van der Waals surface area contributed by atoms with Gasteiger partial charge in [-0.25, -0.2) is 4.39 Å². The Morgan fingerprint density at radius 2 is 1.95 bits per heavy atom. The van der Waals surface area contributed by atoms with Crippen LogP contribution in [0.3, 0.4) is 0 Å². The molecule has 2 aromatic carbocycles. The van der Waals surface area contributed by atoms with Crippen LogP contribution >= 0.6 is 0 Å². The minimum absolute atomic E-state index is 0.0761. The SMILES string of the molecule is CCC[C@H](F)Nc1ccc2ccccc2c1S(=O)(=O)O. The van der Waals surface area contributed by atoms with Gasteiger partial charge >= 0.3 is 0 Å². The first-order chi connectivity index (χ1) is 9.43. The van der Waals surface area contributed by atoms with Gasteiger partial charge in [-0.2, -0.15) is 8.42 Å².